The third-order valence-electron chi connectivity index (χ3n) is 2.04. The first-order chi connectivity index (χ1) is 6.24. The van der Waals surface area contributed by atoms with Crippen molar-refractivity contribution in [2.24, 2.45) is 0 Å². The van der Waals surface area contributed by atoms with Gasteiger partial charge >= 0.3 is 0 Å². The number of aryl methyl sites for hydroxylation is 1. The molecule has 0 radical (unpaired) electrons. The van der Waals surface area contributed by atoms with Crippen LogP contribution in [0, 0.1) is 11.6 Å². The van der Waals surface area contributed by atoms with E-state index in [1.807, 2.05) is 6.92 Å². The Balaban J connectivity index is 2.83. The summed E-state index contributed by atoms with van der Waals surface area (Å²) in [7, 11) is 0. The number of fused-ring (bicyclic) bond motifs is 1. The van der Waals surface area contributed by atoms with Gasteiger partial charge in [0.05, 0.1) is 6.20 Å². The van der Waals surface area contributed by atoms with E-state index < -0.39 is 11.6 Å². The second kappa shape index (κ2) is 2.80. The molecule has 2 aromatic heterocycles. The van der Waals surface area contributed by atoms with E-state index in [4.69, 9.17) is 0 Å². The molecular weight excluding hydrogens is 174 g/mol. The number of rotatable bonds is 1. The summed E-state index contributed by atoms with van der Waals surface area (Å²) in [5.74, 6) is -1.13. The van der Waals surface area contributed by atoms with Gasteiger partial charge < -0.3 is 0 Å². The normalized spacial score (nSPS) is 11.0. The van der Waals surface area contributed by atoms with Gasteiger partial charge in [0.15, 0.2) is 11.6 Å². The van der Waals surface area contributed by atoms with Crippen molar-refractivity contribution in [3.63, 3.8) is 0 Å². The first-order valence-corrected chi connectivity index (χ1v) is 4.04. The third kappa shape index (κ3) is 1.09. The van der Waals surface area contributed by atoms with Crippen LogP contribution in [0.1, 0.15) is 12.5 Å². The van der Waals surface area contributed by atoms with Crippen molar-refractivity contribution in [1.29, 1.82) is 0 Å². The topological polar surface area (TPSA) is 17.3 Å². The molecule has 2 aromatic rings. The van der Waals surface area contributed by atoms with Crippen molar-refractivity contribution in [2.75, 3.05) is 0 Å². The largest absolute Gasteiger partial charge is 0.235 e. The highest BCUT2D eigenvalue weighted by Crippen LogP contribution is 2.17. The van der Waals surface area contributed by atoms with Crippen molar-refractivity contribution < 1.29 is 8.78 Å². The molecule has 0 aliphatic carbocycles. The molecule has 0 atom stereocenters. The van der Waals surface area contributed by atoms with Gasteiger partial charge in [0.25, 0.3) is 0 Å². The number of nitrogens with zero attached hydrogens (tertiary/aromatic N) is 2. The average molecular weight is 182 g/mol. The Labute approximate surface area is 73.8 Å². The molecule has 0 fully saturated rings. The molecule has 0 spiro atoms. The SMILES string of the molecule is CCc1ccn2ncc(F)c2c1F. The van der Waals surface area contributed by atoms with Crippen LogP contribution in [0.2, 0.25) is 0 Å². The fourth-order valence-corrected chi connectivity index (χ4v) is 1.32. The van der Waals surface area contributed by atoms with Crippen LogP contribution < -0.4 is 0 Å². The van der Waals surface area contributed by atoms with Gasteiger partial charge in [-0.3, -0.25) is 0 Å². The summed E-state index contributed by atoms with van der Waals surface area (Å²) >= 11 is 0. The molecular formula is C9H8F2N2. The van der Waals surface area contributed by atoms with Crippen molar-refractivity contribution in [3.05, 3.63) is 35.7 Å². The van der Waals surface area contributed by atoms with Gasteiger partial charge in [-0.1, -0.05) is 6.92 Å². The molecule has 2 nitrogen and oxygen atoms in total. The van der Waals surface area contributed by atoms with Crippen LogP contribution in [0.5, 0.6) is 0 Å². The summed E-state index contributed by atoms with van der Waals surface area (Å²) in [6.07, 6.45) is 3.12. The van der Waals surface area contributed by atoms with Crippen LogP contribution in [0.25, 0.3) is 5.52 Å². The predicted molar refractivity (Wildman–Crippen MR) is 44.5 cm³/mol. The van der Waals surface area contributed by atoms with Crippen molar-refractivity contribution in [1.82, 2.24) is 9.61 Å². The van der Waals surface area contributed by atoms with Gasteiger partial charge in [-0.15, -0.1) is 0 Å². The predicted octanol–water partition coefficient (Wildman–Crippen LogP) is 2.17. The Morgan fingerprint density at radius 2 is 2.23 bits per heavy atom. The molecule has 0 aliphatic rings. The van der Waals surface area contributed by atoms with Crippen molar-refractivity contribution in [2.45, 2.75) is 13.3 Å². The number of hydrogen-bond donors (Lipinski definition) is 0. The summed E-state index contributed by atoms with van der Waals surface area (Å²) in [5.41, 5.74) is 0.436. The highest BCUT2D eigenvalue weighted by atomic mass is 19.1. The van der Waals surface area contributed by atoms with E-state index in [9.17, 15) is 8.78 Å². The first-order valence-electron chi connectivity index (χ1n) is 4.04. The highest BCUT2D eigenvalue weighted by Gasteiger charge is 2.11. The van der Waals surface area contributed by atoms with Crippen LogP contribution >= 0.6 is 0 Å². The standard InChI is InChI=1S/C9H8F2N2/c1-2-6-3-4-13-9(8(6)11)7(10)5-12-13/h3-5H,2H2,1H3. The molecule has 4 heteroatoms. The van der Waals surface area contributed by atoms with E-state index in [0.717, 1.165) is 6.20 Å². The molecule has 0 unspecified atom stereocenters. The van der Waals surface area contributed by atoms with Crippen LogP contribution in [0.4, 0.5) is 8.78 Å². The van der Waals surface area contributed by atoms with Crippen LogP contribution in [-0.4, -0.2) is 9.61 Å². The Morgan fingerprint density at radius 1 is 1.46 bits per heavy atom. The lowest BCUT2D eigenvalue weighted by Gasteiger charge is -2.00. The maximum atomic E-state index is 13.5. The Kier molecular flexibility index (Phi) is 1.76. The van der Waals surface area contributed by atoms with Gasteiger partial charge in [0.2, 0.25) is 0 Å². The molecule has 2 rings (SSSR count). The second-order valence-corrected chi connectivity index (χ2v) is 2.79. The van der Waals surface area contributed by atoms with Gasteiger partial charge in [-0.05, 0) is 18.1 Å². The molecule has 68 valence electrons. The smallest absolute Gasteiger partial charge is 0.171 e. The maximum absolute atomic E-state index is 13.5. The maximum Gasteiger partial charge on any atom is 0.171 e. The summed E-state index contributed by atoms with van der Waals surface area (Å²) in [6, 6.07) is 1.61. The van der Waals surface area contributed by atoms with E-state index in [-0.39, 0.29) is 5.52 Å². The number of halogens is 2. The molecule has 0 N–H and O–H groups in total. The number of pyridine rings is 1. The van der Waals surface area contributed by atoms with Crippen LogP contribution in [0.3, 0.4) is 0 Å². The summed E-state index contributed by atoms with van der Waals surface area (Å²) in [4.78, 5) is 0. The van der Waals surface area contributed by atoms with E-state index in [0.29, 0.717) is 12.0 Å². The summed E-state index contributed by atoms with van der Waals surface area (Å²) < 4.78 is 27.7. The van der Waals surface area contributed by atoms with E-state index in [1.54, 1.807) is 12.3 Å². The van der Waals surface area contributed by atoms with Gasteiger partial charge in [-0.25, -0.2) is 13.3 Å². The van der Waals surface area contributed by atoms with Crippen LogP contribution in [-0.2, 0) is 6.42 Å². The lowest BCUT2D eigenvalue weighted by molar-refractivity contribution is 0.593. The molecule has 13 heavy (non-hydrogen) atoms. The molecule has 0 aromatic carbocycles. The van der Waals surface area contributed by atoms with Crippen molar-refractivity contribution >= 4 is 5.52 Å². The van der Waals surface area contributed by atoms with Crippen LogP contribution in [0.15, 0.2) is 18.5 Å². The lowest BCUT2D eigenvalue weighted by atomic mass is 10.2. The minimum Gasteiger partial charge on any atom is -0.235 e. The molecule has 0 saturated heterocycles. The van der Waals surface area contributed by atoms with E-state index >= 15 is 0 Å². The zero-order valence-corrected chi connectivity index (χ0v) is 7.09. The molecule has 0 aliphatic heterocycles. The minimum atomic E-state index is -0.618. The second-order valence-electron chi connectivity index (χ2n) is 2.79. The summed E-state index contributed by atoms with van der Waals surface area (Å²) in [5, 5.41) is 3.66. The number of hydrogen-bond acceptors (Lipinski definition) is 1. The monoisotopic (exact) mass is 182 g/mol. The fraction of sp³-hybridized carbons (Fsp3) is 0.222. The molecule has 2 heterocycles. The third-order valence-corrected chi connectivity index (χ3v) is 2.04. The lowest BCUT2D eigenvalue weighted by Crippen LogP contribution is -1.95. The average Bonchev–Trinajstić information content (AvgIpc) is 2.49. The Hall–Kier alpha value is -1.45. The van der Waals surface area contributed by atoms with E-state index in [2.05, 4.69) is 5.10 Å². The quantitative estimate of drug-likeness (QED) is 0.660. The summed E-state index contributed by atoms with van der Waals surface area (Å²) in [6.45, 7) is 1.82. The van der Waals surface area contributed by atoms with Gasteiger partial charge in [0, 0.05) is 6.20 Å². The minimum absolute atomic E-state index is 0.0700. The highest BCUT2D eigenvalue weighted by molar-refractivity contribution is 5.50. The Morgan fingerprint density at radius 3 is 2.92 bits per heavy atom. The zero-order valence-electron chi connectivity index (χ0n) is 7.09. The van der Waals surface area contributed by atoms with Gasteiger partial charge in [0.1, 0.15) is 5.52 Å². The van der Waals surface area contributed by atoms with Crippen molar-refractivity contribution in [3.8, 4) is 0 Å². The molecule has 0 saturated carbocycles. The zero-order chi connectivity index (χ0) is 9.42. The Bertz CT molecular complexity index is 448. The fourth-order valence-electron chi connectivity index (χ4n) is 1.32. The number of aromatic nitrogens is 2. The van der Waals surface area contributed by atoms with E-state index in [1.165, 1.54) is 4.52 Å². The first kappa shape index (κ1) is 8.16. The van der Waals surface area contributed by atoms with Gasteiger partial charge in [-0.2, -0.15) is 5.10 Å². The molecule has 0 amide bonds. The molecule has 0 bridgehead atoms.